The van der Waals surface area contributed by atoms with Crippen LogP contribution < -0.4 is 10.6 Å². The molecule has 1 amide bonds. The molecule has 0 unspecified atom stereocenters. The minimum Gasteiger partial charge on any atom is -0.351 e. The number of hydrogen-bond donors (Lipinski definition) is 2. The van der Waals surface area contributed by atoms with Gasteiger partial charge in [0.25, 0.3) is 5.91 Å². The molecule has 2 rings (SSSR count). The summed E-state index contributed by atoms with van der Waals surface area (Å²) in [6, 6.07) is 7.99. The largest absolute Gasteiger partial charge is 0.351 e. The zero-order valence-electron chi connectivity index (χ0n) is 13.6. The Balaban J connectivity index is 2.45. The van der Waals surface area contributed by atoms with Crippen LogP contribution in [0.15, 0.2) is 35.5 Å². The third-order valence-electron chi connectivity index (χ3n) is 3.96. The fourth-order valence-electron chi connectivity index (χ4n) is 2.67. The van der Waals surface area contributed by atoms with Gasteiger partial charge in [0.15, 0.2) is 5.11 Å². The van der Waals surface area contributed by atoms with Crippen molar-refractivity contribution in [2.45, 2.75) is 33.7 Å². The zero-order valence-corrected chi connectivity index (χ0v) is 14.4. The summed E-state index contributed by atoms with van der Waals surface area (Å²) in [6.07, 6.45) is 0. The Labute approximate surface area is 137 Å². The first-order valence-electron chi connectivity index (χ1n) is 7.62. The van der Waals surface area contributed by atoms with Crippen LogP contribution in [0.2, 0.25) is 0 Å². The molecule has 1 atom stereocenters. The molecule has 1 aliphatic heterocycles. The molecule has 1 aliphatic rings. The molecule has 0 radical (unpaired) electrons. The van der Waals surface area contributed by atoms with E-state index in [1.165, 1.54) is 5.56 Å². The highest BCUT2D eigenvalue weighted by Crippen LogP contribution is 2.28. The van der Waals surface area contributed by atoms with Crippen molar-refractivity contribution in [1.29, 1.82) is 0 Å². The van der Waals surface area contributed by atoms with Gasteiger partial charge in [0.1, 0.15) is 0 Å². The van der Waals surface area contributed by atoms with Gasteiger partial charge in [-0.25, -0.2) is 0 Å². The lowest BCUT2D eigenvalue weighted by Gasteiger charge is -2.33. The number of amides is 1. The van der Waals surface area contributed by atoms with E-state index in [4.69, 9.17) is 12.2 Å². The van der Waals surface area contributed by atoms with Gasteiger partial charge in [-0.3, -0.25) is 4.79 Å². The number of allylic oxidation sites excluding steroid dienone is 1. The minimum atomic E-state index is -0.206. The summed E-state index contributed by atoms with van der Waals surface area (Å²) in [5.74, 6) is 0.0515. The Bertz CT molecular complexity index is 603. The highest BCUT2D eigenvalue weighted by Gasteiger charge is 2.31. The van der Waals surface area contributed by atoms with Crippen molar-refractivity contribution in [3.05, 3.63) is 46.7 Å². The van der Waals surface area contributed by atoms with E-state index in [-0.39, 0.29) is 11.9 Å². The maximum Gasteiger partial charge on any atom is 0.253 e. The molecule has 0 spiro atoms. The summed E-state index contributed by atoms with van der Waals surface area (Å²) in [4.78, 5) is 14.7. The van der Waals surface area contributed by atoms with Gasteiger partial charge < -0.3 is 15.5 Å². The molecule has 4 nitrogen and oxygen atoms in total. The maximum atomic E-state index is 12.9. The number of benzene rings is 1. The van der Waals surface area contributed by atoms with Gasteiger partial charge >= 0.3 is 0 Å². The van der Waals surface area contributed by atoms with Gasteiger partial charge in [-0.1, -0.05) is 29.8 Å². The lowest BCUT2D eigenvalue weighted by atomic mass is 9.94. The lowest BCUT2D eigenvalue weighted by Crippen LogP contribution is -2.47. The summed E-state index contributed by atoms with van der Waals surface area (Å²) in [6.45, 7) is 9.33. The highest BCUT2D eigenvalue weighted by atomic mass is 32.1. The minimum absolute atomic E-state index is 0.0515. The van der Waals surface area contributed by atoms with Crippen LogP contribution >= 0.6 is 12.2 Å². The number of carbonyl (C=O) groups excluding carboxylic acids is 1. The van der Waals surface area contributed by atoms with Crippen molar-refractivity contribution in [1.82, 2.24) is 15.5 Å². The number of nitrogens with zero attached hydrogens (tertiary/aromatic N) is 1. The maximum absolute atomic E-state index is 12.9. The zero-order chi connectivity index (χ0) is 16.3. The fourth-order valence-corrected chi connectivity index (χ4v) is 2.94. The highest BCUT2D eigenvalue weighted by molar-refractivity contribution is 7.80. The van der Waals surface area contributed by atoms with Crippen molar-refractivity contribution in [3.63, 3.8) is 0 Å². The van der Waals surface area contributed by atoms with Crippen LogP contribution in [-0.4, -0.2) is 29.0 Å². The number of likely N-dealkylation sites (N-methyl/N-ethyl adjacent to an activating group) is 1. The van der Waals surface area contributed by atoms with E-state index in [0.717, 1.165) is 16.8 Å². The fraction of sp³-hybridized carbons (Fsp3) is 0.412. The van der Waals surface area contributed by atoms with Crippen molar-refractivity contribution < 1.29 is 4.79 Å². The van der Waals surface area contributed by atoms with Crippen LogP contribution in [0.4, 0.5) is 0 Å². The second-order valence-electron chi connectivity index (χ2n) is 5.46. The van der Waals surface area contributed by atoms with E-state index in [1.54, 1.807) is 0 Å². The number of aryl methyl sites for hydroxylation is 1. The lowest BCUT2D eigenvalue weighted by molar-refractivity contribution is -0.127. The van der Waals surface area contributed by atoms with Crippen molar-refractivity contribution in [3.8, 4) is 0 Å². The first-order chi connectivity index (χ1) is 10.5. The summed E-state index contributed by atoms with van der Waals surface area (Å²) in [5, 5.41) is 6.86. The molecule has 1 heterocycles. The van der Waals surface area contributed by atoms with Crippen molar-refractivity contribution >= 4 is 23.2 Å². The first kappa shape index (κ1) is 16.5. The van der Waals surface area contributed by atoms with Gasteiger partial charge in [-0.15, -0.1) is 0 Å². The Morgan fingerprint density at radius 2 is 1.77 bits per heavy atom. The van der Waals surface area contributed by atoms with Crippen LogP contribution in [0.3, 0.4) is 0 Å². The molecule has 1 aromatic rings. The van der Waals surface area contributed by atoms with Gasteiger partial charge in [0.2, 0.25) is 0 Å². The second kappa shape index (κ2) is 6.92. The van der Waals surface area contributed by atoms with Crippen molar-refractivity contribution in [2.24, 2.45) is 0 Å². The Morgan fingerprint density at radius 1 is 1.18 bits per heavy atom. The molecule has 1 aromatic carbocycles. The molecule has 5 heteroatoms. The molecule has 22 heavy (non-hydrogen) atoms. The molecule has 118 valence electrons. The van der Waals surface area contributed by atoms with E-state index >= 15 is 0 Å². The Morgan fingerprint density at radius 3 is 2.32 bits per heavy atom. The molecule has 0 aromatic heterocycles. The normalized spacial score (nSPS) is 17.8. The van der Waals surface area contributed by atoms with Crippen LogP contribution in [0.25, 0.3) is 0 Å². The molecule has 0 fully saturated rings. The van der Waals surface area contributed by atoms with Crippen LogP contribution in [0.1, 0.15) is 37.9 Å². The van der Waals surface area contributed by atoms with E-state index in [9.17, 15) is 4.79 Å². The van der Waals surface area contributed by atoms with E-state index < -0.39 is 0 Å². The average Bonchev–Trinajstić information content (AvgIpc) is 2.48. The third kappa shape index (κ3) is 3.30. The number of nitrogens with one attached hydrogen (secondary N) is 2. The van der Waals surface area contributed by atoms with Crippen LogP contribution in [-0.2, 0) is 4.79 Å². The number of carbonyl (C=O) groups is 1. The number of thiocarbonyl (C=S) groups is 1. The first-order valence-corrected chi connectivity index (χ1v) is 8.02. The summed E-state index contributed by atoms with van der Waals surface area (Å²) in [5.41, 5.74) is 3.80. The van der Waals surface area contributed by atoms with E-state index in [0.29, 0.717) is 18.2 Å². The van der Waals surface area contributed by atoms with Gasteiger partial charge in [0.05, 0.1) is 11.6 Å². The second-order valence-corrected chi connectivity index (χ2v) is 5.87. The van der Waals surface area contributed by atoms with Crippen molar-refractivity contribution in [2.75, 3.05) is 13.1 Å². The van der Waals surface area contributed by atoms with E-state index in [1.807, 2.05) is 44.7 Å². The quantitative estimate of drug-likeness (QED) is 0.838. The predicted molar refractivity (Wildman–Crippen MR) is 93.4 cm³/mol. The topological polar surface area (TPSA) is 44.4 Å². The Kier molecular flexibility index (Phi) is 5.19. The SMILES string of the molecule is CCN(CC)C(=O)C1=C(C)NC(=S)N[C@H]1c1ccc(C)cc1. The molecular weight excluding hydrogens is 294 g/mol. The molecule has 0 aliphatic carbocycles. The number of rotatable bonds is 4. The Hall–Kier alpha value is -1.88. The van der Waals surface area contributed by atoms with Crippen LogP contribution in [0.5, 0.6) is 0 Å². The summed E-state index contributed by atoms with van der Waals surface area (Å²) in [7, 11) is 0. The molecule has 0 saturated carbocycles. The molecular formula is C17H23N3OS. The summed E-state index contributed by atoms with van der Waals surface area (Å²) >= 11 is 5.27. The van der Waals surface area contributed by atoms with Gasteiger partial charge in [-0.2, -0.15) is 0 Å². The smallest absolute Gasteiger partial charge is 0.253 e. The summed E-state index contributed by atoms with van der Waals surface area (Å²) < 4.78 is 0. The third-order valence-corrected chi connectivity index (χ3v) is 4.18. The number of hydrogen-bond acceptors (Lipinski definition) is 2. The average molecular weight is 317 g/mol. The standard InChI is InChI=1S/C17H23N3OS/c1-5-20(6-2)16(21)14-12(4)18-17(22)19-15(14)13-9-7-11(3)8-10-13/h7-10,15H,5-6H2,1-4H3,(H2,18,19,22)/t15-/m0/s1. The molecule has 0 bridgehead atoms. The van der Waals surface area contributed by atoms with Crippen LogP contribution in [0, 0.1) is 6.92 Å². The molecule has 0 saturated heterocycles. The molecule has 2 N–H and O–H groups in total. The monoisotopic (exact) mass is 317 g/mol. The van der Waals surface area contributed by atoms with Gasteiger partial charge in [0, 0.05) is 18.8 Å². The predicted octanol–water partition coefficient (Wildman–Crippen LogP) is 2.66. The van der Waals surface area contributed by atoms with Gasteiger partial charge in [-0.05, 0) is 45.5 Å². The van der Waals surface area contributed by atoms with E-state index in [2.05, 4.69) is 22.8 Å².